The standard InChI is InChI=1S/C29H54N2O6/c1-20(2)25(29(35)22(5)6)19-26(33)28(21(3)4)31(9)14-16-37-18-17-36-15-10-11-24(32)12-13-27(34)30-23(7)8/h20-23,25,28H,10-19H2,1-9H3,(H,30,34)/t25-,28-/m0/s1. The van der Waals surface area contributed by atoms with Crippen LogP contribution in [0.3, 0.4) is 0 Å². The Hall–Kier alpha value is -1.64. The number of Topliss-reactive ketones (excluding diaryl/α,β-unsaturated/α-hetero) is 3. The fraction of sp³-hybridized carbons (Fsp3) is 0.862. The minimum atomic E-state index is -0.255. The van der Waals surface area contributed by atoms with Crippen LogP contribution < -0.4 is 5.32 Å². The topological polar surface area (TPSA) is 102 Å². The van der Waals surface area contributed by atoms with Gasteiger partial charge in [-0.2, -0.15) is 0 Å². The number of hydrogen-bond donors (Lipinski definition) is 1. The van der Waals surface area contributed by atoms with Crippen LogP contribution in [0.25, 0.3) is 0 Å². The number of likely N-dealkylation sites (N-methyl/N-ethyl adjacent to an activating group) is 1. The summed E-state index contributed by atoms with van der Waals surface area (Å²) in [6.07, 6.45) is 1.82. The molecule has 0 rings (SSSR count). The van der Waals surface area contributed by atoms with Crippen molar-refractivity contribution in [3.05, 3.63) is 0 Å². The highest BCUT2D eigenvalue weighted by atomic mass is 16.5. The molecule has 1 amide bonds. The molecule has 0 aliphatic heterocycles. The lowest BCUT2D eigenvalue weighted by Gasteiger charge is -2.32. The number of carbonyl (C=O) groups excluding carboxylic acids is 4. The van der Waals surface area contributed by atoms with E-state index in [0.29, 0.717) is 45.8 Å². The van der Waals surface area contributed by atoms with Crippen LogP contribution in [-0.2, 0) is 28.7 Å². The molecule has 8 nitrogen and oxygen atoms in total. The van der Waals surface area contributed by atoms with E-state index >= 15 is 0 Å². The lowest BCUT2D eigenvalue weighted by molar-refractivity contribution is -0.134. The summed E-state index contributed by atoms with van der Waals surface area (Å²) in [5.41, 5.74) is 0. The van der Waals surface area contributed by atoms with Gasteiger partial charge in [-0.05, 0) is 39.2 Å². The molecule has 0 aliphatic rings. The Balaban J connectivity index is 4.21. The van der Waals surface area contributed by atoms with Crippen LogP contribution in [0.4, 0.5) is 0 Å². The van der Waals surface area contributed by atoms with Crippen molar-refractivity contribution < 1.29 is 28.7 Å². The molecule has 1 N–H and O–H groups in total. The third kappa shape index (κ3) is 16.0. The minimum Gasteiger partial charge on any atom is -0.379 e. The predicted molar refractivity (Wildman–Crippen MR) is 147 cm³/mol. The maximum atomic E-state index is 13.2. The first kappa shape index (κ1) is 35.4. The van der Waals surface area contributed by atoms with Gasteiger partial charge in [0.2, 0.25) is 5.91 Å². The number of carbonyl (C=O) groups is 4. The van der Waals surface area contributed by atoms with Gasteiger partial charge in [-0.25, -0.2) is 0 Å². The van der Waals surface area contributed by atoms with Gasteiger partial charge in [0.1, 0.15) is 11.6 Å². The largest absolute Gasteiger partial charge is 0.379 e. The Morgan fingerprint density at radius 3 is 1.86 bits per heavy atom. The third-order valence-electron chi connectivity index (χ3n) is 6.38. The molecule has 0 aromatic rings. The molecule has 37 heavy (non-hydrogen) atoms. The van der Waals surface area contributed by atoms with Crippen molar-refractivity contribution in [2.75, 3.05) is 40.0 Å². The fourth-order valence-electron chi connectivity index (χ4n) is 4.37. The molecule has 0 aromatic carbocycles. The summed E-state index contributed by atoms with van der Waals surface area (Å²) in [5.74, 6) is 0.213. The molecule has 0 saturated heterocycles. The summed E-state index contributed by atoms with van der Waals surface area (Å²) in [6.45, 7) is 18.1. The van der Waals surface area contributed by atoms with Crippen molar-refractivity contribution in [3.8, 4) is 0 Å². The van der Waals surface area contributed by atoms with Crippen LogP contribution in [-0.4, -0.2) is 80.3 Å². The molecule has 0 aliphatic carbocycles. The molecule has 0 saturated carbocycles. The number of ketones is 3. The molecule has 0 aromatic heterocycles. The van der Waals surface area contributed by atoms with E-state index in [1.807, 2.05) is 67.3 Å². The molecular weight excluding hydrogens is 472 g/mol. The first-order chi connectivity index (χ1) is 17.3. The predicted octanol–water partition coefficient (Wildman–Crippen LogP) is 4.09. The van der Waals surface area contributed by atoms with E-state index in [-0.39, 0.29) is 78.3 Å². The van der Waals surface area contributed by atoms with E-state index in [1.165, 1.54) is 0 Å². The second-order valence-electron chi connectivity index (χ2n) is 11.3. The number of nitrogens with one attached hydrogen (secondary N) is 1. The van der Waals surface area contributed by atoms with Gasteiger partial charge in [-0.1, -0.05) is 41.5 Å². The summed E-state index contributed by atoms with van der Waals surface area (Å²) >= 11 is 0. The first-order valence-electron chi connectivity index (χ1n) is 14.0. The Bertz CT molecular complexity index is 690. The third-order valence-corrected chi connectivity index (χ3v) is 6.38. The molecule has 0 heterocycles. The maximum absolute atomic E-state index is 13.2. The molecule has 2 atom stereocenters. The second-order valence-corrected chi connectivity index (χ2v) is 11.3. The first-order valence-corrected chi connectivity index (χ1v) is 14.0. The van der Waals surface area contributed by atoms with Crippen molar-refractivity contribution in [1.29, 1.82) is 0 Å². The zero-order chi connectivity index (χ0) is 28.5. The normalized spacial score (nSPS) is 13.6. The number of hydrogen-bond acceptors (Lipinski definition) is 7. The van der Waals surface area contributed by atoms with E-state index in [0.717, 1.165) is 0 Å². The number of ether oxygens (including phenoxy) is 2. The number of rotatable bonds is 22. The zero-order valence-corrected chi connectivity index (χ0v) is 24.9. The van der Waals surface area contributed by atoms with Crippen molar-refractivity contribution in [1.82, 2.24) is 10.2 Å². The van der Waals surface area contributed by atoms with Gasteiger partial charge in [-0.15, -0.1) is 0 Å². The smallest absolute Gasteiger partial charge is 0.220 e. The van der Waals surface area contributed by atoms with Crippen LogP contribution in [0.15, 0.2) is 0 Å². The van der Waals surface area contributed by atoms with E-state index in [9.17, 15) is 19.2 Å². The van der Waals surface area contributed by atoms with Gasteiger partial charge < -0.3 is 14.8 Å². The van der Waals surface area contributed by atoms with Gasteiger partial charge in [-0.3, -0.25) is 24.1 Å². The van der Waals surface area contributed by atoms with Gasteiger partial charge in [0.05, 0.1) is 25.9 Å². The lowest BCUT2D eigenvalue weighted by Crippen LogP contribution is -2.45. The fourth-order valence-corrected chi connectivity index (χ4v) is 4.37. The van der Waals surface area contributed by atoms with Crippen LogP contribution in [0, 0.1) is 23.7 Å². The number of nitrogens with zero attached hydrogens (tertiary/aromatic N) is 1. The van der Waals surface area contributed by atoms with E-state index in [1.54, 1.807) is 0 Å². The van der Waals surface area contributed by atoms with Crippen LogP contribution >= 0.6 is 0 Å². The summed E-state index contributed by atoms with van der Waals surface area (Å²) in [4.78, 5) is 51.3. The van der Waals surface area contributed by atoms with Gasteiger partial charge in [0.25, 0.3) is 0 Å². The SMILES string of the molecule is CC(C)NC(=O)CCC(=O)CCCOCCOCCN(C)[C@H](C(=O)C[C@H](C(=O)C(C)C)C(C)C)C(C)C. The Morgan fingerprint density at radius 1 is 0.757 bits per heavy atom. The zero-order valence-electron chi connectivity index (χ0n) is 24.9. The summed E-state index contributed by atoms with van der Waals surface area (Å²) in [5, 5.41) is 2.78. The van der Waals surface area contributed by atoms with E-state index in [4.69, 9.17) is 9.47 Å². The van der Waals surface area contributed by atoms with Crippen LogP contribution in [0.5, 0.6) is 0 Å². The quantitative estimate of drug-likeness (QED) is 0.212. The molecule has 8 heteroatoms. The average molecular weight is 527 g/mol. The molecular formula is C29H54N2O6. The van der Waals surface area contributed by atoms with Crippen molar-refractivity contribution >= 4 is 23.3 Å². The van der Waals surface area contributed by atoms with Gasteiger partial charge in [0.15, 0.2) is 5.78 Å². The average Bonchev–Trinajstić information content (AvgIpc) is 2.78. The molecule has 0 radical (unpaired) electrons. The molecule has 216 valence electrons. The highest BCUT2D eigenvalue weighted by Crippen LogP contribution is 2.24. The summed E-state index contributed by atoms with van der Waals surface area (Å²) in [6, 6.07) is -0.170. The van der Waals surface area contributed by atoms with Crippen molar-refractivity contribution in [2.24, 2.45) is 23.7 Å². The van der Waals surface area contributed by atoms with E-state index in [2.05, 4.69) is 5.32 Å². The molecule has 0 unspecified atom stereocenters. The summed E-state index contributed by atoms with van der Waals surface area (Å²) in [7, 11) is 1.93. The number of amides is 1. The monoisotopic (exact) mass is 526 g/mol. The summed E-state index contributed by atoms with van der Waals surface area (Å²) < 4.78 is 11.2. The Morgan fingerprint density at radius 2 is 1.35 bits per heavy atom. The molecule has 0 spiro atoms. The molecule has 0 fully saturated rings. The highest BCUT2D eigenvalue weighted by molar-refractivity contribution is 5.91. The second kappa shape index (κ2) is 19.4. The van der Waals surface area contributed by atoms with E-state index < -0.39 is 0 Å². The molecule has 0 bridgehead atoms. The lowest BCUT2D eigenvalue weighted by atomic mass is 9.80. The van der Waals surface area contributed by atoms with Crippen molar-refractivity contribution in [2.45, 2.75) is 99.6 Å². The van der Waals surface area contributed by atoms with Crippen molar-refractivity contribution in [3.63, 3.8) is 0 Å². The minimum absolute atomic E-state index is 0.0735. The highest BCUT2D eigenvalue weighted by Gasteiger charge is 2.32. The Labute approximate surface area is 225 Å². The van der Waals surface area contributed by atoms with Crippen LogP contribution in [0.2, 0.25) is 0 Å². The maximum Gasteiger partial charge on any atom is 0.220 e. The Kier molecular flexibility index (Phi) is 18.6. The van der Waals surface area contributed by atoms with Gasteiger partial charge >= 0.3 is 0 Å². The van der Waals surface area contributed by atoms with Crippen LogP contribution in [0.1, 0.15) is 87.5 Å². The van der Waals surface area contributed by atoms with Gasteiger partial charge in [0, 0.05) is 56.7 Å².